The summed E-state index contributed by atoms with van der Waals surface area (Å²) in [6.45, 7) is 4.02. The van der Waals surface area contributed by atoms with Crippen LogP contribution in [-0.2, 0) is 4.74 Å². The highest BCUT2D eigenvalue weighted by atomic mass is 16.5. The van der Waals surface area contributed by atoms with Crippen LogP contribution in [0.5, 0.6) is 0 Å². The first-order valence-corrected chi connectivity index (χ1v) is 4.66. The van der Waals surface area contributed by atoms with Crippen LogP contribution < -0.4 is 0 Å². The summed E-state index contributed by atoms with van der Waals surface area (Å²) in [5.74, 6) is 0. The molecule has 1 aromatic rings. The lowest BCUT2D eigenvalue weighted by atomic mass is 10.4. The number of hydrogen-bond donors (Lipinski definition) is 0. The lowest BCUT2D eigenvalue weighted by Crippen LogP contribution is -2.32. The topological polar surface area (TPSA) is 12.5 Å². The summed E-state index contributed by atoms with van der Waals surface area (Å²) in [5.41, 5.74) is 0. The van der Waals surface area contributed by atoms with Crippen molar-refractivity contribution in [1.29, 1.82) is 0 Å². The van der Waals surface area contributed by atoms with Crippen LogP contribution in [0.2, 0.25) is 0 Å². The molecule has 2 rings (SSSR count). The standard InChI is InChI=1S/C6H6.C5H11NO/c1-2-4-6-5-3-1;1-6-2-4-7-5-3-6/h1-6H;2-5H2,1H3. The van der Waals surface area contributed by atoms with Crippen molar-refractivity contribution in [2.45, 2.75) is 0 Å². The summed E-state index contributed by atoms with van der Waals surface area (Å²) in [4.78, 5) is 2.27. The molecule has 0 radical (unpaired) electrons. The number of benzene rings is 1. The van der Waals surface area contributed by atoms with E-state index in [1.54, 1.807) is 0 Å². The van der Waals surface area contributed by atoms with Crippen molar-refractivity contribution >= 4 is 0 Å². The van der Waals surface area contributed by atoms with Crippen LogP contribution in [0.25, 0.3) is 0 Å². The molecule has 0 saturated carbocycles. The SMILES string of the molecule is CN1CCOCC1.c1ccccc1. The summed E-state index contributed by atoms with van der Waals surface area (Å²) in [6.07, 6.45) is 0. The van der Waals surface area contributed by atoms with Crippen molar-refractivity contribution in [2.24, 2.45) is 0 Å². The Kier molecular flexibility index (Phi) is 5.22. The van der Waals surface area contributed by atoms with Crippen molar-refractivity contribution in [3.8, 4) is 0 Å². The predicted molar refractivity (Wildman–Crippen MR) is 54.8 cm³/mol. The Labute approximate surface area is 80.1 Å². The van der Waals surface area contributed by atoms with Gasteiger partial charge in [-0.3, -0.25) is 0 Å². The van der Waals surface area contributed by atoms with Gasteiger partial charge in [0.1, 0.15) is 0 Å². The molecule has 72 valence electrons. The van der Waals surface area contributed by atoms with Gasteiger partial charge in [-0.25, -0.2) is 0 Å². The smallest absolute Gasteiger partial charge is 0.0594 e. The van der Waals surface area contributed by atoms with Crippen molar-refractivity contribution in [3.05, 3.63) is 36.4 Å². The Hall–Kier alpha value is -0.860. The minimum atomic E-state index is 0.913. The Bertz CT molecular complexity index is 168. The Morgan fingerprint density at radius 2 is 1.23 bits per heavy atom. The second-order valence-electron chi connectivity index (χ2n) is 3.07. The second kappa shape index (κ2) is 6.63. The molecule has 0 bridgehead atoms. The van der Waals surface area contributed by atoms with Crippen molar-refractivity contribution < 1.29 is 4.74 Å². The number of nitrogens with zero attached hydrogens (tertiary/aromatic N) is 1. The molecular weight excluding hydrogens is 162 g/mol. The molecule has 1 aromatic carbocycles. The van der Waals surface area contributed by atoms with Gasteiger partial charge in [-0.2, -0.15) is 0 Å². The molecule has 0 amide bonds. The fourth-order valence-electron chi connectivity index (χ4n) is 1.04. The Balaban J connectivity index is 0.000000132. The molecule has 13 heavy (non-hydrogen) atoms. The average Bonchev–Trinajstić information content (AvgIpc) is 2.22. The third-order valence-electron chi connectivity index (χ3n) is 1.90. The number of morpholine rings is 1. The third kappa shape index (κ3) is 5.39. The van der Waals surface area contributed by atoms with Gasteiger partial charge >= 0.3 is 0 Å². The number of hydrogen-bond acceptors (Lipinski definition) is 2. The molecule has 0 atom stereocenters. The van der Waals surface area contributed by atoms with E-state index in [1.165, 1.54) is 0 Å². The lowest BCUT2D eigenvalue weighted by molar-refractivity contribution is 0.0503. The maximum absolute atomic E-state index is 5.10. The normalized spacial score (nSPS) is 17.3. The number of rotatable bonds is 0. The second-order valence-corrected chi connectivity index (χ2v) is 3.07. The van der Waals surface area contributed by atoms with Gasteiger partial charge in [0.2, 0.25) is 0 Å². The van der Waals surface area contributed by atoms with Gasteiger partial charge in [-0.1, -0.05) is 36.4 Å². The maximum atomic E-state index is 5.10. The zero-order chi connectivity index (χ0) is 9.36. The van der Waals surface area contributed by atoms with Crippen LogP contribution in [-0.4, -0.2) is 38.3 Å². The molecule has 0 N–H and O–H groups in total. The molecule has 2 heteroatoms. The van der Waals surface area contributed by atoms with E-state index in [-0.39, 0.29) is 0 Å². The largest absolute Gasteiger partial charge is 0.379 e. The van der Waals surface area contributed by atoms with Crippen LogP contribution in [0, 0.1) is 0 Å². The molecule has 0 aromatic heterocycles. The van der Waals surface area contributed by atoms with Crippen molar-refractivity contribution in [3.63, 3.8) is 0 Å². The Morgan fingerprint density at radius 1 is 0.846 bits per heavy atom. The van der Waals surface area contributed by atoms with Crippen LogP contribution in [0.15, 0.2) is 36.4 Å². The maximum Gasteiger partial charge on any atom is 0.0594 e. The van der Waals surface area contributed by atoms with E-state index >= 15 is 0 Å². The minimum absolute atomic E-state index is 0.913. The molecule has 1 heterocycles. The van der Waals surface area contributed by atoms with E-state index in [4.69, 9.17) is 4.74 Å². The molecular formula is C11H17NO. The van der Waals surface area contributed by atoms with Crippen LogP contribution in [0.1, 0.15) is 0 Å². The molecule has 0 spiro atoms. The van der Waals surface area contributed by atoms with E-state index in [1.807, 2.05) is 36.4 Å². The molecule has 1 saturated heterocycles. The first kappa shape index (κ1) is 10.2. The lowest BCUT2D eigenvalue weighted by Gasteiger charge is -2.21. The Morgan fingerprint density at radius 3 is 1.46 bits per heavy atom. The zero-order valence-electron chi connectivity index (χ0n) is 8.15. The highest BCUT2D eigenvalue weighted by molar-refractivity contribution is 4.99. The molecule has 0 aliphatic carbocycles. The van der Waals surface area contributed by atoms with Gasteiger partial charge < -0.3 is 9.64 Å². The third-order valence-corrected chi connectivity index (χ3v) is 1.90. The van der Waals surface area contributed by atoms with Gasteiger partial charge in [0.15, 0.2) is 0 Å². The quantitative estimate of drug-likeness (QED) is 0.600. The summed E-state index contributed by atoms with van der Waals surface area (Å²) < 4.78 is 5.10. The average molecular weight is 179 g/mol. The van der Waals surface area contributed by atoms with Gasteiger partial charge in [0.05, 0.1) is 13.2 Å². The predicted octanol–water partition coefficient (Wildman–Crippen LogP) is 1.63. The summed E-state index contributed by atoms with van der Waals surface area (Å²) in [7, 11) is 2.11. The minimum Gasteiger partial charge on any atom is -0.379 e. The van der Waals surface area contributed by atoms with Crippen LogP contribution >= 0.6 is 0 Å². The van der Waals surface area contributed by atoms with E-state index in [2.05, 4.69) is 11.9 Å². The summed E-state index contributed by atoms with van der Waals surface area (Å²) >= 11 is 0. The van der Waals surface area contributed by atoms with Crippen LogP contribution in [0.3, 0.4) is 0 Å². The summed E-state index contributed by atoms with van der Waals surface area (Å²) in [5, 5.41) is 0. The van der Waals surface area contributed by atoms with Gasteiger partial charge in [-0.15, -0.1) is 0 Å². The fraction of sp³-hybridized carbons (Fsp3) is 0.455. The molecule has 2 nitrogen and oxygen atoms in total. The van der Waals surface area contributed by atoms with Gasteiger partial charge in [-0.05, 0) is 7.05 Å². The van der Waals surface area contributed by atoms with E-state index in [9.17, 15) is 0 Å². The van der Waals surface area contributed by atoms with E-state index in [0.29, 0.717) is 0 Å². The summed E-state index contributed by atoms with van der Waals surface area (Å²) in [6, 6.07) is 12.0. The molecule has 1 fully saturated rings. The molecule has 1 aliphatic rings. The monoisotopic (exact) mass is 179 g/mol. The number of likely N-dealkylation sites (N-methyl/N-ethyl adjacent to an activating group) is 1. The van der Waals surface area contributed by atoms with E-state index in [0.717, 1.165) is 26.3 Å². The van der Waals surface area contributed by atoms with E-state index < -0.39 is 0 Å². The zero-order valence-corrected chi connectivity index (χ0v) is 8.15. The van der Waals surface area contributed by atoms with Gasteiger partial charge in [0.25, 0.3) is 0 Å². The van der Waals surface area contributed by atoms with Crippen molar-refractivity contribution in [2.75, 3.05) is 33.4 Å². The van der Waals surface area contributed by atoms with Crippen molar-refractivity contribution in [1.82, 2.24) is 4.90 Å². The highest BCUT2D eigenvalue weighted by Crippen LogP contribution is 1.89. The molecule has 0 unspecified atom stereocenters. The fourth-order valence-corrected chi connectivity index (χ4v) is 1.04. The first-order chi connectivity index (χ1) is 6.39. The molecule has 1 aliphatic heterocycles. The highest BCUT2D eigenvalue weighted by Gasteiger charge is 2.02. The van der Waals surface area contributed by atoms with Gasteiger partial charge in [0, 0.05) is 13.1 Å². The van der Waals surface area contributed by atoms with Crippen LogP contribution in [0.4, 0.5) is 0 Å². The first-order valence-electron chi connectivity index (χ1n) is 4.66. The number of ether oxygens (including phenoxy) is 1.